The van der Waals surface area contributed by atoms with Gasteiger partial charge in [0.2, 0.25) is 5.91 Å². The number of nitrogen functional groups attached to an aromatic ring is 1. The van der Waals surface area contributed by atoms with E-state index in [1.165, 1.54) is 0 Å². The van der Waals surface area contributed by atoms with Crippen LogP contribution in [-0.2, 0) is 4.79 Å². The number of amides is 1. The van der Waals surface area contributed by atoms with Gasteiger partial charge in [-0.15, -0.1) is 0 Å². The van der Waals surface area contributed by atoms with Crippen molar-refractivity contribution in [3.63, 3.8) is 0 Å². The molecule has 0 unspecified atom stereocenters. The Hall–Kier alpha value is -1.71. The fourth-order valence-corrected chi connectivity index (χ4v) is 2.18. The molecule has 1 aliphatic rings. The number of carbonyl (C=O) groups excluding carboxylic acids is 1. The second kappa shape index (κ2) is 4.65. The number of anilines is 2. The van der Waals surface area contributed by atoms with Crippen LogP contribution in [0, 0.1) is 6.92 Å². The zero-order valence-corrected chi connectivity index (χ0v) is 10.1. The SMILES string of the molecule is [CH2]c1cc(N)ccc1N1CCN(C(C)=O)CC1. The van der Waals surface area contributed by atoms with Gasteiger partial charge in [-0.05, 0) is 30.7 Å². The first-order chi connectivity index (χ1) is 8.08. The summed E-state index contributed by atoms with van der Waals surface area (Å²) in [5, 5.41) is 0. The second-order valence-corrected chi connectivity index (χ2v) is 4.38. The van der Waals surface area contributed by atoms with Gasteiger partial charge in [0.05, 0.1) is 0 Å². The Morgan fingerprint density at radius 1 is 1.29 bits per heavy atom. The third kappa shape index (κ3) is 2.52. The lowest BCUT2D eigenvalue weighted by Gasteiger charge is -2.36. The molecule has 4 heteroatoms. The van der Waals surface area contributed by atoms with E-state index in [0.717, 1.165) is 43.1 Å². The first kappa shape index (κ1) is 11.8. The summed E-state index contributed by atoms with van der Waals surface area (Å²) in [4.78, 5) is 15.4. The largest absolute Gasteiger partial charge is 0.399 e. The molecule has 1 amide bonds. The molecule has 17 heavy (non-hydrogen) atoms. The molecule has 1 aromatic rings. The van der Waals surface area contributed by atoms with Gasteiger partial charge in [-0.2, -0.15) is 0 Å². The third-order valence-corrected chi connectivity index (χ3v) is 3.17. The molecule has 1 aliphatic heterocycles. The van der Waals surface area contributed by atoms with Gasteiger partial charge in [0.1, 0.15) is 0 Å². The van der Waals surface area contributed by atoms with Gasteiger partial charge in [-0.1, -0.05) is 0 Å². The predicted molar refractivity (Wildman–Crippen MR) is 69.8 cm³/mol. The average Bonchev–Trinajstić information content (AvgIpc) is 2.29. The number of nitrogens with zero attached hydrogens (tertiary/aromatic N) is 2. The minimum Gasteiger partial charge on any atom is -0.399 e. The summed E-state index contributed by atoms with van der Waals surface area (Å²) >= 11 is 0. The fraction of sp³-hybridized carbons (Fsp3) is 0.385. The van der Waals surface area contributed by atoms with Gasteiger partial charge < -0.3 is 15.5 Å². The molecule has 0 aromatic heterocycles. The lowest BCUT2D eigenvalue weighted by Crippen LogP contribution is -2.48. The van der Waals surface area contributed by atoms with Crippen molar-refractivity contribution in [3.05, 3.63) is 30.7 Å². The van der Waals surface area contributed by atoms with Gasteiger partial charge in [0.15, 0.2) is 0 Å². The van der Waals surface area contributed by atoms with Gasteiger partial charge in [0.25, 0.3) is 0 Å². The minimum absolute atomic E-state index is 0.150. The minimum atomic E-state index is 0.150. The van der Waals surface area contributed by atoms with Crippen LogP contribution >= 0.6 is 0 Å². The number of carbonyl (C=O) groups is 1. The maximum Gasteiger partial charge on any atom is 0.219 e. The molecule has 1 heterocycles. The lowest BCUT2D eigenvalue weighted by molar-refractivity contribution is -0.129. The molecule has 2 N–H and O–H groups in total. The van der Waals surface area contributed by atoms with Crippen LogP contribution in [0.2, 0.25) is 0 Å². The van der Waals surface area contributed by atoms with Crippen molar-refractivity contribution in [2.75, 3.05) is 36.8 Å². The van der Waals surface area contributed by atoms with Crippen LogP contribution in [0.15, 0.2) is 18.2 Å². The van der Waals surface area contributed by atoms with E-state index < -0.39 is 0 Å². The maximum atomic E-state index is 11.2. The monoisotopic (exact) mass is 232 g/mol. The standard InChI is InChI=1S/C13H18N3O/c1-10-9-12(14)3-4-13(10)16-7-5-15(6-8-16)11(2)17/h3-4,9H,1,5-8,14H2,2H3. The number of hydrogen-bond acceptors (Lipinski definition) is 3. The summed E-state index contributed by atoms with van der Waals surface area (Å²) < 4.78 is 0. The van der Waals surface area contributed by atoms with Crippen molar-refractivity contribution in [3.8, 4) is 0 Å². The van der Waals surface area contributed by atoms with E-state index in [1.807, 2.05) is 23.1 Å². The van der Waals surface area contributed by atoms with Crippen molar-refractivity contribution < 1.29 is 4.79 Å². The quantitative estimate of drug-likeness (QED) is 0.738. The highest BCUT2D eigenvalue weighted by molar-refractivity contribution is 5.73. The van der Waals surface area contributed by atoms with Crippen molar-refractivity contribution in [2.24, 2.45) is 0 Å². The Balaban J connectivity index is 2.08. The normalized spacial score (nSPS) is 16.1. The molecule has 1 radical (unpaired) electrons. The van der Waals surface area contributed by atoms with Crippen LogP contribution < -0.4 is 10.6 Å². The molecule has 1 saturated heterocycles. The Morgan fingerprint density at radius 3 is 2.47 bits per heavy atom. The van der Waals surface area contributed by atoms with Crippen LogP contribution in [0.3, 0.4) is 0 Å². The Labute approximate surface area is 102 Å². The summed E-state index contributed by atoms with van der Waals surface area (Å²) in [7, 11) is 0. The summed E-state index contributed by atoms with van der Waals surface area (Å²) in [5.41, 5.74) is 8.50. The Kier molecular flexibility index (Phi) is 3.22. The highest BCUT2D eigenvalue weighted by Crippen LogP contribution is 2.23. The smallest absolute Gasteiger partial charge is 0.219 e. The highest BCUT2D eigenvalue weighted by atomic mass is 16.2. The summed E-state index contributed by atoms with van der Waals surface area (Å²) in [5.74, 6) is 0.150. The Bertz CT molecular complexity index is 423. The second-order valence-electron chi connectivity index (χ2n) is 4.38. The van der Waals surface area contributed by atoms with Crippen molar-refractivity contribution in [2.45, 2.75) is 6.92 Å². The first-order valence-electron chi connectivity index (χ1n) is 5.80. The molecule has 4 nitrogen and oxygen atoms in total. The zero-order valence-electron chi connectivity index (χ0n) is 10.1. The Morgan fingerprint density at radius 2 is 1.94 bits per heavy atom. The number of rotatable bonds is 1. The van der Waals surface area contributed by atoms with Gasteiger partial charge in [-0.3, -0.25) is 4.79 Å². The van der Waals surface area contributed by atoms with Gasteiger partial charge in [-0.25, -0.2) is 0 Å². The van der Waals surface area contributed by atoms with E-state index in [4.69, 9.17) is 5.73 Å². The molecule has 0 aliphatic carbocycles. The molecule has 1 aromatic carbocycles. The first-order valence-corrected chi connectivity index (χ1v) is 5.80. The molecule has 0 bridgehead atoms. The molecule has 0 saturated carbocycles. The summed E-state index contributed by atoms with van der Waals surface area (Å²) in [6, 6.07) is 5.77. The average molecular weight is 232 g/mol. The molecule has 91 valence electrons. The van der Waals surface area contributed by atoms with Gasteiger partial charge in [0, 0.05) is 44.5 Å². The topological polar surface area (TPSA) is 49.6 Å². The molecule has 1 fully saturated rings. The van der Waals surface area contributed by atoms with Crippen LogP contribution in [0.1, 0.15) is 12.5 Å². The van der Waals surface area contributed by atoms with Crippen LogP contribution in [0.4, 0.5) is 11.4 Å². The van der Waals surface area contributed by atoms with Gasteiger partial charge >= 0.3 is 0 Å². The fourth-order valence-electron chi connectivity index (χ4n) is 2.18. The van der Waals surface area contributed by atoms with Crippen LogP contribution in [0.25, 0.3) is 0 Å². The van der Waals surface area contributed by atoms with Crippen molar-refractivity contribution >= 4 is 17.3 Å². The van der Waals surface area contributed by atoms with Crippen molar-refractivity contribution in [1.82, 2.24) is 4.90 Å². The molecular formula is C13H18N3O. The number of benzene rings is 1. The van der Waals surface area contributed by atoms with E-state index in [-0.39, 0.29) is 5.91 Å². The summed E-state index contributed by atoms with van der Waals surface area (Å²) in [6.45, 7) is 8.89. The zero-order chi connectivity index (χ0) is 12.4. The number of hydrogen-bond donors (Lipinski definition) is 1. The maximum absolute atomic E-state index is 11.2. The predicted octanol–water partition coefficient (Wildman–Crippen LogP) is 1.12. The third-order valence-electron chi connectivity index (χ3n) is 3.17. The van der Waals surface area contributed by atoms with E-state index in [1.54, 1.807) is 6.92 Å². The molecular weight excluding hydrogens is 214 g/mol. The summed E-state index contributed by atoms with van der Waals surface area (Å²) in [6.07, 6.45) is 0. The van der Waals surface area contributed by atoms with Crippen LogP contribution in [-0.4, -0.2) is 37.0 Å². The van der Waals surface area contributed by atoms with E-state index in [2.05, 4.69) is 11.8 Å². The molecule has 0 atom stereocenters. The lowest BCUT2D eigenvalue weighted by atomic mass is 10.1. The van der Waals surface area contributed by atoms with Crippen molar-refractivity contribution in [1.29, 1.82) is 0 Å². The van der Waals surface area contributed by atoms with E-state index in [9.17, 15) is 4.79 Å². The number of piperazine rings is 1. The van der Waals surface area contributed by atoms with E-state index >= 15 is 0 Å². The molecule has 2 rings (SSSR count). The van der Waals surface area contributed by atoms with Crippen LogP contribution in [0.5, 0.6) is 0 Å². The molecule has 0 spiro atoms. The van der Waals surface area contributed by atoms with E-state index in [0.29, 0.717) is 0 Å². The highest BCUT2D eigenvalue weighted by Gasteiger charge is 2.19. The number of nitrogens with two attached hydrogens (primary N) is 1.